The summed E-state index contributed by atoms with van der Waals surface area (Å²) in [5, 5.41) is 3.97. The van der Waals surface area contributed by atoms with Crippen molar-refractivity contribution in [1.29, 1.82) is 0 Å². The second kappa shape index (κ2) is 7.31. The van der Waals surface area contributed by atoms with Crippen molar-refractivity contribution in [3.8, 4) is 0 Å². The fraction of sp³-hybridized carbons (Fsp3) is 0.286. The van der Waals surface area contributed by atoms with Crippen molar-refractivity contribution in [1.82, 2.24) is 10.3 Å². The molecule has 0 aliphatic heterocycles. The first-order valence-electron chi connectivity index (χ1n) is 6.14. The SMILES string of the molecule is Cc1ccc(C(=O)NCCCSc2ccccn2)s1. The van der Waals surface area contributed by atoms with Crippen LogP contribution in [-0.4, -0.2) is 23.2 Å². The van der Waals surface area contributed by atoms with E-state index in [2.05, 4.69) is 10.3 Å². The van der Waals surface area contributed by atoms with Crippen molar-refractivity contribution < 1.29 is 4.79 Å². The Hall–Kier alpha value is -1.33. The molecule has 0 aromatic carbocycles. The minimum atomic E-state index is 0.0286. The molecule has 0 saturated heterocycles. The van der Waals surface area contributed by atoms with Crippen LogP contribution in [0, 0.1) is 6.92 Å². The van der Waals surface area contributed by atoms with Gasteiger partial charge in [-0.3, -0.25) is 4.79 Å². The second-order valence-corrected chi connectivity index (χ2v) is 6.44. The van der Waals surface area contributed by atoms with E-state index in [1.165, 1.54) is 11.3 Å². The molecule has 19 heavy (non-hydrogen) atoms. The third kappa shape index (κ3) is 4.69. The topological polar surface area (TPSA) is 42.0 Å². The summed E-state index contributed by atoms with van der Waals surface area (Å²) in [7, 11) is 0. The molecule has 3 nitrogen and oxygen atoms in total. The molecule has 0 radical (unpaired) electrons. The normalized spacial score (nSPS) is 10.4. The lowest BCUT2D eigenvalue weighted by molar-refractivity contribution is 0.0958. The summed E-state index contributed by atoms with van der Waals surface area (Å²) in [6.07, 6.45) is 2.74. The van der Waals surface area contributed by atoms with E-state index in [0.29, 0.717) is 6.54 Å². The van der Waals surface area contributed by atoms with E-state index in [-0.39, 0.29) is 5.91 Å². The lowest BCUT2D eigenvalue weighted by atomic mass is 10.4. The van der Waals surface area contributed by atoms with Gasteiger partial charge in [-0.25, -0.2) is 4.98 Å². The highest BCUT2D eigenvalue weighted by molar-refractivity contribution is 7.99. The largest absolute Gasteiger partial charge is 0.351 e. The van der Waals surface area contributed by atoms with Crippen molar-refractivity contribution >= 4 is 29.0 Å². The number of thioether (sulfide) groups is 1. The van der Waals surface area contributed by atoms with E-state index in [1.54, 1.807) is 18.0 Å². The molecule has 0 aliphatic carbocycles. The highest BCUT2D eigenvalue weighted by atomic mass is 32.2. The van der Waals surface area contributed by atoms with E-state index in [9.17, 15) is 4.79 Å². The number of carbonyl (C=O) groups excluding carboxylic acids is 1. The smallest absolute Gasteiger partial charge is 0.261 e. The van der Waals surface area contributed by atoms with Crippen LogP contribution in [0.25, 0.3) is 0 Å². The predicted octanol–water partition coefficient (Wildman–Crippen LogP) is 3.36. The van der Waals surface area contributed by atoms with Crippen LogP contribution in [0.15, 0.2) is 41.6 Å². The summed E-state index contributed by atoms with van der Waals surface area (Å²) in [4.78, 5) is 18.0. The van der Waals surface area contributed by atoms with Crippen LogP contribution in [0.2, 0.25) is 0 Å². The first-order chi connectivity index (χ1) is 9.25. The molecule has 0 spiro atoms. The first-order valence-corrected chi connectivity index (χ1v) is 7.94. The molecule has 100 valence electrons. The number of hydrogen-bond donors (Lipinski definition) is 1. The van der Waals surface area contributed by atoms with Crippen molar-refractivity contribution in [2.24, 2.45) is 0 Å². The third-order valence-corrected chi connectivity index (χ3v) is 4.49. The van der Waals surface area contributed by atoms with Gasteiger partial charge in [0, 0.05) is 23.4 Å². The predicted molar refractivity (Wildman–Crippen MR) is 81.0 cm³/mol. The Morgan fingerprint density at radius 2 is 2.26 bits per heavy atom. The number of nitrogens with zero attached hydrogens (tertiary/aromatic N) is 1. The Balaban J connectivity index is 1.63. The maximum absolute atomic E-state index is 11.8. The summed E-state index contributed by atoms with van der Waals surface area (Å²) >= 11 is 3.24. The lowest BCUT2D eigenvalue weighted by Crippen LogP contribution is -2.23. The van der Waals surface area contributed by atoms with Gasteiger partial charge in [0.15, 0.2) is 0 Å². The van der Waals surface area contributed by atoms with E-state index in [1.807, 2.05) is 37.3 Å². The van der Waals surface area contributed by atoms with E-state index in [0.717, 1.165) is 27.0 Å². The van der Waals surface area contributed by atoms with Crippen LogP contribution in [0.4, 0.5) is 0 Å². The zero-order valence-electron chi connectivity index (χ0n) is 10.8. The highest BCUT2D eigenvalue weighted by Crippen LogP contribution is 2.16. The van der Waals surface area contributed by atoms with Gasteiger partial charge in [0.05, 0.1) is 9.90 Å². The summed E-state index contributed by atoms with van der Waals surface area (Å²) in [5.74, 6) is 0.988. The van der Waals surface area contributed by atoms with Gasteiger partial charge in [-0.05, 0) is 37.6 Å². The van der Waals surface area contributed by atoms with Crippen molar-refractivity contribution in [3.05, 3.63) is 46.3 Å². The zero-order chi connectivity index (χ0) is 13.5. The van der Waals surface area contributed by atoms with Crippen LogP contribution in [0.5, 0.6) is 0 Å². The second-order valence-electron chi connectivity index (χ2n) is 4.04. The van der Waals surface area contributed by atoms with E-state index >= 15 is 0 Å². The molecule has 0 saturated carbocycles. The van der Waals surface area contributed by atoms with Gasteiger partial charge in [0.25, 0.3) is 5.91 Å². The van der Waals surface area contributed by atoms with Crippen molar-refractivity contribution in [2.45, 2.75) is 18.4 Å². The maximum atomic E-state index is 11.8. The van der Waals surface area contributed by atoms with E-state index < -0.39 is 0 Å². The number of pyridine rings is 1. The lowest BCUT2D eigenvalue weighted by Gasteiger charge is -2.03. The van der Waals surface area contributed by atoms with Gasteiger partial charge in [0.1, 0.15) is 0 Å². The third-order valence-electron chi connectivity index (χ3n) is 2.46. The summed E-state index contributed by atoms with van der Waals surface area (Å²) < 4.78 is 0. The molecule has 0 fully saturated rings. The molecule has 2 aromatic heterocycles. The monoisotopic (exact) mass is 292 g/mol. The Morgan fingerprint density at radius 3 is 2.95 bits per heavy atom. The molecule has 1 N–H and O–H groups in total. The van der Waals surface area contributed by atoms with Crippen molar-refractivity contribution in [3.63, 3.8) is 0 Å². The molecule has 0 unspecified atom stereocenters. The molecule has 0 aliphatic rings. The number of aryl methyl sites for hydroxylation is 1. The van der Waals surface area contributed by atoms with Crippen molar-refractivity contribution in [2.75, 3.05) is 12.3 Å². The quantitative estimate of drug-likeness (QED) is 0.655. The van der Waals surface area contributed by atoms with Gasteiger partial charge in [-0.1, -0.05) is 6.07 Å². The Morgan fingerprint density at radius 1 is 1.37 bits per heavy atom. The van der Waals surface area contributed by atoms with Gasteiger partial charge in [-0.15, -0.1) is 23.1 Å². The standard InChI is InChI=1S/C14H16N2OS2/c1-11-6-7-12(19-11)14(17)16-9-4-10-18-13-5-2-3-8-15-13/h2-3,5-8H,4,9-10H2,1H3,(H,16,17). The van der Waals surface area contributed by atoms with Gasteiger partial charge >= 0.3 is 0 Å². The minimum absolute atomic E-state index is 0.0286. The van der Waals surface area contributed by atoms with Crippen LogP contribution in [0.1, 0.15) is 21.0 Å². The molecular formula is C14H16N2OS2. The average molecular weight is 292 g/mol. The molecular weight excluding hydrogens is 276 g/mol. The fourth-order valence-corrected chi connectivity index (χ4v) is 3.12. The van der Waals surface area contributed by atoms with Crippen LogP contribution >= 0.6 is 23.1 Å². The maximum Gasteiger partial charge on any atom is 0.261 e. The number of nitrogens with one attached hydrogen (secondary N) is 1. The number of amides is 1. The molecule has 2 aromatic rings. The van der Waals surface area contributed by atoms with Gasteiger partial charge < -0.3 is 5.32 Å². The zero-order valence-corrected chi connectivity index (χ0v) is 12.4. The molecule has 5 heteroatoms. The summed E-state index contributed by atoms with van der Waals surface area (Å²) in [6.45, 7) is 2.71. The Kier molecular flexibility index (Phi) is 5.42. The van der Waals surface area contributed by atoms with Crippen LogP contribution < -0.4 is 5.32 Å². The number of thiophene rings is 1. The molecule has 0 bridgehead atoms. The van der Waals surface area contributed by atoms with Gasteiger partial charge in [-0.2, -0.15) is 0 Å². The molecule has 1 amide bonds. The van der Waals surface area contributed by atoms with Gasteiger partial charge in [0.2, 0.25) is 0 Å². The van der Waals surface area contributed by atoms with Crippen LogP contribution in [-0.2, 0) is 0 Å². The molecule has 2 rings (SSSR count). The van der Waals surface area contributed by atoms with E-state index in [4.69, 9.17) is 0 Å². The number of carbonyl (C=O) groups is 1. The minimum Gasteiger partial charge on any atom is -0.351 e. The first kappa shape index (κ1) is 14.1. The average Bonchev–Trinajstić information content (AvgIpc) is 2.86. The summed E-state index contributed by atoms with van der Waals surface area (Å²) in [6, 6.07) is 9.73. The molecule has 2 heterocycles. The Bertz CT molecular complexity index is 525. The number of rotatable bonds is 6. The molecule has 0 atom stereocenters. The fourth-order valence-electron chi connectivity index (χ4n) is 1.53. The number of hydrogen-bond acceptors (Lipinski definition) is 4. The Labute approximate surface area is 121 Å². The van der Waals surface area contributed by atoms with Crippen LogP contribution in [0.3, 0.4) is 0 Å². The highest BCUT2D eigenvalue weighted by Gasteiger charge is 2.06. The number of aromatic nitrogens is 1. The summed E-state index contributed by atoms with van der Waals surface area (Å²) in [5.41, 5.74) is 0.